The third-order valence-electron chi connectivity index (χ3n) is 3.14. The minimum Gasteiger partial charge on any atom is -0.354 e. The molecule has 1 fully saturated rings. The highest BCUT2D eigenvalue weighted by Gasteiger charge is 2.32. The third kappa shape index (κ3) is 2.82. The fraction of sp³-hybridized carbons (Fsp3) is 0.636. The van der Waals surface area contributed by atoms with E-state index < -0.39 is 0 Å². The van der Waals surface area contributed by atoms with Gasteiger partial charge in [-0.3, -0.25) is 4.79 Å². The smallest absolute Gasteiger partial charge is 0.221 e. The number of nitrogens with two attached hydrogens (primary N) is 1. The van der Waals surface area contributed by atoms with E-state index in [2.05, 4.69) is 10.3 Å². The lowest BCUT2D eigenvalue weighted by molar-refractivity contribution is -0.121. The number of carbonyl (C=O) groups is 1. The predicted octanol–water partition coefficient (Wildman–Crippen LogP) is 0.271. The number of nitrogens with zero attached hydrogens (tertiary/aromatic N) is 2. The van der Waals surface area contributed by atoms with Crippen molar-refractivity contribution in [2.24, 2.45) is 5.73 Å². The molecule has 0 radical (unpaired) electrons. The molecule has 0 spiro atoms. The summed E-state index contributed by atoms with van der Waals surface area (Å²) >= 11 is 0. The van der Waals surface area contributed by atoms with E-state index in [0.29, 0.717) is 19.5 Å². The van der Waals surface area contributed by atoms with Gasteiger partial charge in [-0.05, 0) is 19.3 Å². The molecule has 88 valence electrons. The summed E-state index contributed by atoms with van der Waals surface area (Å²) in [5, 5.41) is 2.89. The van der Waals surface area contributed by atoms with Gasteiger partial charge >= 0.3 is 0 Å². The predicted molar refractivity (Wildman–Crippen MR) is 60.6 cm³/mol. The van der Waals surface area contributed by atoms with E-state index in [-0.39, 0.29) is 11.4 Å². The Morgan fingerprint density at radius 3 is 2.94 bits per heavy atom. The van der Waals surface area contributed by atoms with Crippen LogP contribution in [0.4, 0.5) is 0 Å². The number of aryl methyl sites for hydroxylation is 1. The molecule has 1 aliphatic carbocycles. The molecule has 0 aliphatic heterocycles. The molecule has 0 bridgehead atoms. The summed E-state index contributed by atoms with van der Waals surface area (Å²) in [7, 11) is 0. The standard InChI is InChI=1S/C11H18N4O/c12-11(3-1-4-11)8-14-10(16)2-6-15-7-5-13-9-15/h5,7,9H,1-4,6,8,12H2,(H,14,16). The second-order valence-electron chi connectivity index (χ2n) is 4.54. The van der Waals surface area contributed by atoms with E-state index in [9.17, 15) is 4.79 Å². The van der Waals surface area contributed by atoms with Crippen LogP contribution in [0.25, 0.3) is 0 Å². The van der Waals surface area contributed by atoms with Crippen LogP contribution in [0.5, 0.6) is 0 Å². The lowest BCUT2D eigenvalue weighted by Crippen LogP contribution is -2.54. The second kappa shape index (κ2) is 4.65. The van der Waals surface area contributed by atoms with Gasteiger partial charge in [-0.2, -0.15) is 0 Å². The molecular weight excluding hydrogens is 204 g/mol. The topological polar surface area (TPSA) is 72.9 Å². The number of nitrogens with one attached hydrogen (secondary N) is 1. The molecule has 1 heterocycles. The molecule has 1 amide bonds. The number of carbonyl (C=O) groups excluding carboxylic acids is 1. The Bertz CT molecular complexity index is 343. The van der Waals surface area contributed by atoms with Crippen molar-refractivity contribution in [1.82, 2.24) is 14.9 Å². The SMILES string of the molecule is NC1(CNC(=O)CCn2ccnc2)CCC1. The zero-order chi connectivity index (χ0) is 11.4. The van der Waals surface area contributed by atoms with Crippen LogP contribution in [0.1, 0.15) is 25.7 Å². The summed E-state index contributed by atoms with van der Waals surface area (Å²) in [5.41, 5.74) is 5.88. The Balaban J connectivity index is 1.65. The first-order valence-corrected chi connectivity index (χ1v) is 5.69. The Labute approximate surface area is 95.0 Å². The zero-order valence-electron chi connectivity index (χ0n) is 9.35. The summed E-state index contributed by atoms with van der Waals surface area (Å²) in [4.78, 5) is 15.4. The maximum atomic E-state index is 11.5. The van der Waals surface area contributed by atoms with E-state index in [4.69, 9.17) is 5.73 Å². The van der Waals surface area contributed by atoms with E-state index in [1.807, 2.05) is 10.8 Å². The Morgan fingerprint density at radius 1 is 1.56 bits per heavy atom. The van der Waals surface area contributed by atoms with Crippen LogP contribution in [0.2, 0.25) is 0 Å². The summed E-state index contributed by atoms with van der Waals surface area (Å²) in [5.74, 6) is 0.0606. The molecule has 0 unspecified atom stereocenters. The van der Waals surface area contributed by atoms with Crippen molar-refractivity contribution in [1.29, 1.82) is 0 Å². The van der Waals surface area contributed by atoms with Gasteiger partial charge < -0.3 is 15.6 Å². The number of amides is 1. The van der Waals surface area contributed by atoms with Gasteiger partial charge in [0.1, 0.15) is 0 Å². The molecule has 1 aromatic heterocycles. The molecule has 0 aromatic carbocycles. The van der Waals surface area contributed by atoms with Gasteiger partial charge in [0, 0.05) is 37.4 Å². The van der Waals surface area contributed by atoms with Crippen LogP contribution in [0.15, 0.2) is 18.7 Å². The van der Waals surface area contributed by atoms with E-state index in [1.165, 1.54) is 6.42 Å². The van der Waals surface area contributed by atoms with Crippen molar-refractivity contribution in [3.63, 3.8) is 0 Å². The molecule has 2 rings (SSSR count). The second-order valence-corrected chi connectivity index (χ2v) is 4.54. The van der Waals surface area contributed by atoms with E-state index >= 15 is 0 Å². The molecule has 0 saturated heterocycles. The van der Waals surface area contributed by atoms with Gasteiger partial charge in [0.05, 0.1) is 6.33 Å². The number of hydrogen-bond donors (Lipinski definition) is 2. The first-order valence-electron chi connectivity index (χ1n) is 5.69. The van der Waals surface area contributed by atoms with Crippen molar-refractivity contribution in [2.45, 2.75) is 37.8 Å². The van der Waals surface area contributed by atoms with Gasteiger partial charge in [-0.25, -0.2) is 4.98 Å². The monoisotopic (exact) mass is 222 g/mol. The summed E-state index contributed by atoms with van der Waals surface area (Å²) in [6, 6.07) is 0. The highest BCUT2D eigenvalue weighted by molar-refractivity contribution is 5.75. The maximum absolute atomic E-state index is 11.5. The molecule has 16 heavy (non-hydrogen) atoms. The lowest BCUT2D eigenvalue weighted by atomic mass is 9.78. The molecule has 5 heteroatoms. The number of imidazole rings is 1. The first-order chi connectivity index (χ1) is 7.68. The van der Waals surface area contributed by atoms with Gasteiger partial charge in [0.2, 0.25) is 5.91 Å². The van der Waals surface area contributed by atoms with Gasteiger partial charge in [-0.15, -0.1) is 0 Å². The lowest BCUT2D eigenvalue weighted by Gasteiger charge is -2.38. The average Bonchev–Trinajstić information content (AvgIpc) is 2.73. The van der Waals surface area contributed by atoms with Crippen molar-refractivity contribution in [2.75, 3.05) is 6.54 Å². The average molecular weight is 222 g/mol. The van der Waals surface area contributed by atoms with Crippen molar-refractivity contribution in [3.05, 3.63) is 18.7 Å². The maximum Gasteiger partial charge on any atom is 0.221 e. The fourth-order valence-corrected chi connectivity index (χ4v) is 1.82. The van der Waals surface area contributed by atoms with Gasteiger partial charge in [-0.1, -0.05) is 0 Å². The first kappa shape index (κ1) is 11.1. The Hall–Kier alpha value is -1.36. The Morgan fingerprint density at radius 2 is 2.38 bits per heavy atom. The highest BCUT2D eigenvalue weighted by atomic mass is 16.1. The van der Waals surface area contributed by atoms with Crippen molar-refractivity contribution < 1.29 is 4.79 Å². The number of hydrogen-bond acceptors (Lipinski definition) is 3. The van der Waals surface area contributed by atoms with Gasteiger partial charge in [0.25, 0.3) is 0 Å². The number of rotatable bonds is 5. The summed E-state index contributed by atoms with van der Waals surface area (Å²) < 4.78 is 1.89. The van der Waals surface area contributed by atoms with Crippen LogP contribution in [-0.2, 0) is 11.3 Å². The van der Waals surface area contributed by atoms with Crippen LogP contribution < -0.4 is 11.1 Å². The highest BCUT2D eigenvalue weighted by Crippen LogP contribution is 2.27. The zero-order valence-corrected chi connectivity index (χ0v) is 9.35. The van der Waals surface area contributed by atoms with Crippen molar-refractivity contribution in [3.8, 4) is 0 Å². The molecule has 1 saturated carbocycles. The molecule has 1 aliphatic rings. The number of aromatic nitrogens is 2. The minimum atomic E-state index is -0.134. The van der Waals surface area contributed by atoms with Crippen LogP contribution in [0.3, 0.4) is 0 Å². The quantitative estimate of drug-likeness (QED) is 0.751. The minimum absolute atomic E-state index is 0.0606. The molecule has 5 nitrogen and oxygen atoms in total. The third-order valence-corrected chi connectivity index (χ3v) is 3.14. The van der Waals surface area contributed by atoms with Gasteiger partial charge in [0.15, 0.2) is 0 Å². The molecule has 3 N–H and O–H groups in total. The van der Waals surface area contributed by atoms with Crippen molar-refractivity contribution >= 4 is 5.91 Å². The fourth-order valence-electron chi connectivity index (χ4n) is 1.82. The van der Waals surface area contributed by atoms with Crippen LogP contribution >= 0.6 is 0 Å². The van der Waals surface area contributed by atoms with Crippen LogP contribution in [-0.4, -0.2) is 27.5 Å². The van der Waals surface area contributed by atoms with E-state index in [1.54, 1.807) is 12.5 Å². The molecule has 1 aromatic rings. The van der Waals surface area contributed by atoms with Crippen LogP contribution in [0, 0.1) is 0 Å². The summed E-state index contributed by atoms with van der Waals surface area (Å²) in [6.45, 7) is 1.28. The largest absolute Gasteiger partial charge is 0.354 e. The molecular formula is C11H18N4O. The molecule has 0 atom stereocenters. The summed E-state index contributed by atoms with van der Waals surface area (Å²) in [6.07, 6.45) is 8.98. The van der Waals surface area contributed by atoms with E-state index in [0.717, 1.165) is 12.8 Å². The Kier molecular flexibility index (Phi) is 3.24. The normalized spacial score (nSPS) is 17.8.